The molecule has 1 heterocycles. The summed E-state index contributed by atoms with van der Waals surface area (Å²) in [5, 5.41) is 0. The largest absolute Gasteiger partial charge is 0.340 e. The third-order valence-corrected chi connectivity index (χ3v) is 4.73. The monoisotopic (exact) mass is 435 g/mol. The third kappa shape index (κ3) is 4.19. The van der Waals surface area contributed by atoms with Crippen LogP contribution in [0.3, 0.4) is 0 Å². The molecule has 0 saturated heterocycles. The summed E-state index contributed by atoms with van der Waals surface area (Å²) in [7, 11) is 0. The molecule has 27 heavy (non-hydrogen) atoms. The predicted molar refractivity (Wildman–Crippen MR) is 109 cm³/mol. The molecule has 0 bridgehead atoms. The molecule has 0 atom stereocenters. The van der Waals surface area contributed by atoms with E-state index in [2.05, 4.69) is 22.5 Å². The maximum atomic E-state index is 14.5. The first-order valence-electron chi connectivity index (χ1n) is 8.72. The molecule has 0 N–H and O–H groups in total. The zero-order valence-electron chi connectivity index (χ0n) is 15.5. The summed E-state index contributed by atoms with van der Waals surface area (Å²) < 4.78 is 43.1. The summed E-state index contributed by atoms with van der Waals surface area (Å²) >= 11 is 3.46. The highest BCUT2D eigenvalue weighted by molar-refractivity contribution is 9.12. The molecule has 3 rings (SSSR count). The standard InChI is InChI=1S/C20H15BrF3N.C2H6/c1-3-25-12(2)16(21)11-15(13-7-5-4-6-8-13)20(25)19-17(23)9-14(22)10-18(19)24;1-2/h4-11H,2-3H2,1H3;1-2H3. The fraction of sp³-hybridized carbons (Fsp3) is 0.182. The average molecular weight is 436 g/mol. The molecule has 1 aliphatic rings. The maximum absolute atomic E-state index is 14.5. The van der Waals surface area contributed by atoms with Crippen LogP contribution >= 0.6 is 15.9 Å². The molecule has 0 aromatic heterocycles. The number of benzene rings is 2. The summed E-state index contributed by atoms with van der Waals surface area (Å²) in [4.78, 5) is 1.71. The molecule has 0 saturated carbocycles. The summed E-state index contributed by atoms with van der Waals surface area (Å²) in [6, 6.07) is 10.6. The smallest absolute Gasteiger partial charge is 0.138 e. The fourth-order valence-corrected chi connectivity index (χ4v) is 3.36. The van der Waals surface area contributed by atoms with Gasteiger partial charge in [0.05, 0.1) is 11.3 Å². The van der Waals surface area contributed by atoms with E-state index in [0.717, 1.165) is 10.0 Å². The van der Waals surface area contributed by atoms with Crippen molar-refractivity contribution < 1.29 is 13.2 Å². The molecule has 5 heteroatoms. The minimum atomic E-state index is -0.949. The Hall–Kier alpha value is -2.27. The van der Waals surface area contributed by atoms with Crippen LogP contribution in [0.1, 0.15) is 31.9 Å². The second kappa shape index (κ2) is 9.09. The quantitative estimate of drug-likeness (QED) is 0.495. The van der Waals surface area contributed by atoms with Gasteiger partial charge in [-0.3, -0.25) is 0 Å². The van der Waals surface area contributed by atoms with E-state index in [1.165, 1.54) is 0 Å². The van der Waals surface area contributed by atoms with Gasteiger partial charge in [0.25, 0.3) is 0 Å². The molecule has 0 fully saturated rings. The Balaban J connectivity index is 0.00000126. The second-order valence-electron chi connectivity index (χ2n) is 5.56. The molecule has 0 amide bonds. The Morgan fingerprint density at radius 2 is 1.56 bits per heavy atom. The van der Waals surface area contributed by atoms with E-state index in [4.69, 9.17) is 0 Å². The van der Waals surface area contributed by atoms with Gasteiger partial charge in [0.2, 0.25) is 0 Å². The average Bonchev–Trinajstić information content (AvgIpc) is 2.66. The van der Waals surface area contributed by atoms with E-state index in [1.54, 1.807) is 11.0 Å². The number of hydrogen-bond donors (Lipinski definition) is 0. The molecule has 142 valence electrons. The Morgan fingerprint density at radius 1 is 1.00 bits per heavy atom. The highest BCUT2D eigenvalue weighted by Gasteiger charge is 2.28. The van der Waals surface area contributed by atoms with Crippen molar-refractivity contribution in [2.24, 2.45) is 0 Å². The van der Waals surface area contributed by atoms with Gasteiger partial charge in [-0.2, -0.15) is 0 Å². The van der Waals surface area contributed by atoms with Gasteiger partial charge in [-0.05, 0) is 34.5 Å². The van der Waals surface area contributed by atoms with E-state index < -0.39 is 17.5 Å². The van der Waals surface area contributed by atoms with Gasteiger partial charge in [0, 0.05) is 34.4 Å². The third-order valence-electron chi connectivity index (χ3n) is 4.04. The molecule has 0 radical (unpaired) electrons. The summed E-state index contributed by atoms with van der Waals surface area (Å²) in [6.07, 6.45) is 1.78. The topological polar surface area (TPSA) is 3.24 Å². The van der Waals surface area contributed by atoms with Gasteiger partial charge >= 0.3 is 0 Å². The van der Waals surface area contributed by atoms with Gasteiger partial charge in [-0.15, -0.1) is 0 Å². The molecule has 0 spiro atoms. The van der Waals surface area contributed by atoms with E-state index in [9.17, 15) is 13.2 Å². The van der Waals surface area contributed by atoms with Crippen molar-refractivity contribution in [3.05, 3.63) is 93.9 Å². The van der Waals surface area contributed by atoms with Crippen molar-refractivity contribution in [3.8, 4) is 0 Å². The van der Waals surface area contributed by atoms with Crippen molar-refractivity contribution in [2.75, 3.05) is 6.54 Å². The van der Waals surface area contributed by atoms with Gasteiger partial charge in [-0.25, -0.2) is 13.2 Å². The van der Waals surface area contributed by atoms with Gasteiger partial charge in [0.1, 0.15) is 17.5 Å². The van der Waals surface area contributed by atoms with Gasteiger partial charge in [0.15, 0.2) is 0 Å². The minimum absolute atomic E-state index is 0.264. The maximum Gasteiger partial charge on any atom is 0.138 e. The van der Waals surface area contributed by atoms with E-state index in [0.29, 0.717) is 35.6 Å². The normalized spacial score (nSPS) is 14.0. The van der Waals surface area contributed by atoms with Crippen molar-refractivity contribution >= 4 is 27.2 Å². The van der Waals surface area contributed by atoms with Crippen LogP contribution in [0.2, 0.25) is 0 Å². The zero-order valence-corrected chi connectivity index (χ0v) is 17.1. The summed E-state index contributed by atoms with van der Waals surface area (Å²) in [5.74, 6) is -2.84. The van der Waals surface area contributed by atoms with Crippen LogP contribution < -0.4 is 0 Å². The van der Waals surface area contributed by atoms with Gasteiger partial charge in [-0.1, -0.05) is 50.8 Å². The van der Waals surface area contributed by atoms with Crippen LogP contribution in [0.25, 0.3) is 11.3 Å². The first kappa shape index (κ1) is 21.0. The zero-order chi connectivity index (χ0) is 20.1. The predicted octanol–water partition coefficient (Wildman–Crippen LogP) is 7.13. The van der Waals surface area contributed by atoms with Crippen LogP contribution in [0.5, 0.6) is 0 Å². The minimum Gasteiger partial charge on any atom is -0.340 e. The summed E-state index contributed by atoms with van der Waals surface area (Å²) in [5.41, 5.74) is 2.08. The Morgan fingerprint density at radius 3 is 2.07 bits per heavy atom. The first-order chi connectivity index (χ1) is 12.9. The van der Waals surface area contributed by atoms with Crippen molar-refractivity contribution in [1.82, 2.24) is 4.90 Å². The SMILES string of the molecule is C=C1C(Br)=CC(c2ccccc2)=C(c2c(F)cc(F)cc2F)N1CC.CC. The highest BCUT2D eigenvalue weighted by Crippen LogP contribution is 2.42. The lowest BCUT2D eigenvalue weighted by Crippen LogP contribution is -2.25. The molecule has 2 aromatic rings. The Kier molecular flexibility index (Phi) is 7.08. The van der Waals surface area contributed by atoms with E-state index >= 15 is 0 Å². The fourth-order valence-electron chi connectivity index (χ4n) is 2.91. The van der Waals surface area contributed by atoms with Crippen LogP contribution in [-0.2, 0) is 0 Å². The molecular formula is C22H21BrF3N. The molecule has 1 aliphatic heterocycles. The van der Waals surface area contributed by atoms with Crippen molar-refractivity contribution in [2.45, 2.75) is 20.8 Å². The Labute approximate surface area is 166 Å². The number of allylic oxidation sites excluding steroid dienone is 3. The van der Waals surface area contributed by atoms with Crippen LogP contribution in [0, 0.1) is 17.5 Å². The van der Waals surface area contributed by atoms with Crippen LogP contribution in [0.4, 0.5) is 13.2 Å². The Bertz CT molecular complexity index is 878. The molecule has 2 aromatic carbocycles. The lowest BCUT2D eigenvalue weighted by molar-refractivity contribution is 0.500. The molecular weight excluding hydrogens is 415 g/mol. The lowest BCUT2D eigenvalue weighted by Gasteiger charge is -2.34. The number of rotatable bonds is 3. The number of hydrogen-bond acceptors (Lipinski definition) is 1. The number of halogens is 4. The number of likely N-dealkylation sites (N-methyl/N-ethyl adjacent to an activating group) is 1. The van der Waals surface area contributed by atoms with E-state index in [-0.39, 0.29) is 5.56 Å². The molecule has 1 nitrogen and oxygen atoms in total. The van der Waals surface area contributed by atoms with Crippen molar-refractivity contribution in [1.29, 1.82) is 0 Å². The number of nitrogens with zero attached hydrogens (tertiary/aromatic N) is 1. The molecule has 0 aliphatic carbocycles. The lowest BCUT2D eigenvalue weighted by atomic mass is 9.94. The highest BCUT2D eigenvalue weighted by atomic mass is 79.9. The second-order valence-corrected chi connectivity index (χ2v) is 6.41. The van der Waals surface area contributed by atoms with Crippen LogP contribution in [-0.4, -0.2) is 11.4 Å². The van der Waals surface area contributed by atoms with Crippen LogP contribution in [0.15, 0.2) is 65.3 Å². The van der Waals surface area contributed by atoms with Gasteiger partial charge < -0.3 is 4.90 Å². The summed E-state index contributed by atoms with van der Waals surface area (Å²) in [6.45, 7) is 10.3. The van der Waals surface area contributed by atoms with Crippen molar-refractivity contribution in [3.63, 3.8) is 0 Å². The first-order valence-corrected chi connectivity index (χ1v) is 9.52. The molecule has 0 unspecified atom stereocenters. The van der Waals surface area contributed by atoms with E-state index in [1.807, 2.05) is 51.1 Å².